The highest BCUT2D eigenvalue weighted by molar-refractivity contribution is 14.0. The summed E-state index contributed by atoms with van der Waals surface area (Å²) in [5.74, 6) is 1.00. The number of carbonyl (C=O) groups is 1. The lowest BCUT2D eigenvalue weighted by Gasteiger charge is -2.20. The van der Waals surface area contributed by atoms with Crippen LogP contribution >= 0.6 is 35.7 Å². The van der Waals surface area contributed by atoms with Crippen molar-refractivity contribution >= 4 is 47.6 Å². The Morgan fingerprint density at radius 2 is 1.92 bits per heavy atom. The molecule has 0 heterocycles. The van der Waals surface area contributed by atoms with Crippen LogP contribution < -0.4 is 21.1 Å². The third kappa shape index (κ3) is 10.7. The van der Waals surface area contributed by atoms with Crippen molar-refractivity contribution in [1.82, 2.24) is 10.6 Å². The molecule has 0 aliphatic rings. The van der Waals surface area contributed by atoms with Gasteiger partial charge in [0.25, 0.3) is 5.91 Å². The zero-order valence-corrected chi connectivity index (χ0v) is 19.1. The minimum absolute atomic E-state index is 0. The van der Waals surface area contributed by atoms with Crippen molar-refractivity contribution in [3.8, 4) is 5.75 Å². The van der Waals surface area contributed by atoms with Gasteiger partial charge in [-0.1, -0.05) is 12.1 Å². The second kappa shape index (κ2) is 13.1. The van der Waals surface area contributed by atoms with Crippen molar-refractivity contribution in [2.24, 2.45) is 10.7 Å². The van der Waals surface area contributed by atoms with Crippen LogP contribution in [0.4, 0.5) is 0 Å². The zero-order valence-electron chi connectivity index (χ0n) is 16.0. The molecule has 4 N–H and O–H groups in total. The summed E-state index contributed by atoms with van der Waals surface area (Å²) in [6.07, 6.45) is 2.97. The molecule has 0 fully saturated rings. The van der Waals surface area contributed by atoms with E-state index in [-0.39, 0.29) is 35.3 Å². The number of rotatable bonds is 10. The molecule has 1 rings (SSSR count). The molecule has 1 aromatic rings. The van der Waals surface area contributed by atoms with Crippen LogP contribution in [0.25, 0.3) is 0 Å². The smallest absolute Gasteiger partial charge is 0.255 e. The molecule has 26 heavy (non-hydrogen) atoms. The van der Waals surface area contributed by atoms with E-state index >= 15 is 0 Å². The van der Waals surface area contributed by atoms with Crippen molar-refractivity contribution in [3.05, 3.63) is 29.8 Å². The Kier molecular flexibility index (Phi) is 12.5. The van der Waals surface area contributed by atoms with Gasteiger partial charge in [-0.25, -0.2) is 0 Å². The predicted molar refractivity (Wildman–Crippen MR) is 122 cm³/mol. The summed E-state index contributed by atoms with van der Waals surface area (Å²) < 4.78 is 5.38. The van der Waals surface area contributed by atoms with Crippen LogP contribution in [-0.2, 0) is 11.2 Å². The fourth-order valence-corrected chi connectivity index (χ4v) is 2.10. The Balaban J connectivity index is 0.00000625. The van der Waals surface area contributed by atoms with Gasteiger partial charge in [-0.15, -0.1) is 24.0 Å². The molecule has 0 saturated carbocycles. The van der Waals surface area contributed by atoms with Crippen LogP contribution in [0, 0.1) is 0 Å². The van der Waals surface area contributed by atoms with Gasteiger partial charge in [-0.2, -0.15) is 11.8 Å². The van der Waals surface area contributed by atoms with Crippen LogP contribution in [0.15, 0.2) is 29.3 Å². The molecular formula is C18H31IN4O2S. The van der Waals surface area contributed by atoms with Crippen molar-refractivity contribution in [1.29, 1.82) is 0 Å². The summed E-state index contributed by atoms with van der Waals surface area (Å²) in [6, 6.07) is 7.66. The minimum Gasteiger partial charge on any atom is -0.484 e. The number of nitrogens with zero attached hydrogens (tertiary/aromatic N) is 1. The molecule has 0 unspecified atom stereocenters. The summed E-state index contributed by atoms with van der Waals surface area (Å²) in [7, 11) is 0. The number of hydrogen-bond acceptors (Lipinski definition) is 4. The second-order valence-corrected chi connectivity index (χ2v) is 7.75. The van der Waals surface area contributed by atoms with Crippen molar-refractivity contribution in [2.75, 3.05) is 32.5 Å². The SMILES string of the molecule is CCNC(=NCC(C)(C)SC)NCCc1ccc(OCC(N)=O)cc1.I. The molecule has 1 aromatic carbocycles. The fraction of sp³-hybridized carbons (Fsp3) is 0.556. The van der Waals surface area contributed by atoms with E-state index in [9.17, 15) is 4.79 Å². The number of hydrogen-bond donors (Lipinski definition) is 3. The highest BCUT2D eigenvalue weighted by Crippen LogP contribution is 2.20. The van der Waals surface area contributed by atoms with E-state index in [0.29, 0.717) is 5.75 Å². The van der Waals surface area contributed by atoms with E-state index in [1.807, 2.05) is 36.0 Å². The molecule has 0 aliphatic heterocycles. The summed E-state index contributed by atoms with van der Waals surface area (Å²) in [6.45, 7) is 8.70. The van der Waals surface area contributed by atoms with Gasteiger partial charge in [0.2, 0.25) is 0 Å². The normalized spacial score (nSPS) is 11.5. The molecule has 1 amide bonds. The molecule has 0 saturated heterocycles. The first-order chi connectivity index (χ1) is 11.9. The molecule has 148 valence electrons. The van der Waals surface area contributed by atoms with Gasteiger partial charge in [0.15, 0.2) is 12.6 Å². The van der Waals surface area contributed by atoms with Gasteiger partial charge >= 0.3 is 0 Å². The largest absolute Gasteiger partial charge is 0.484 e. The summed E-state index contributed by atoms with van der Waals surface area (Å²) >= 11 is 1.81. The number of primary amides is 1. The lowest BCUT2D eigenvalue weighted by molar-refractivity contribution is -0.119. The molecular weight excluding hydrogens is 463 g/mol. The van der Waals surface area contributed by atoms with Crippen LogP contribution in [0.2, 0.25) is 0 Å². The number of guanidine groups is 1. The summed E-state index contributed by atoms with van der Waals surface area (Å²) in [5, 5.41) is 6.63. The lowest BCUT2D eigenvalue weighted by atomic mass is 10.1. The van der Waals surface area contributed by atoms with Crippen LogP contribution in [0.5, 0.6) is 5.75 Å². The Bertz CT molecular complexity index is 565. The first kappa shape index (κ1) is 24.8. The molecule has 0 atom stereocenters. The van der Waals surface area contributed by atoms with E-state index < -0.39 is 5.91 Å². The standard InChI is InChI=1S/C18H30N4O2S.HI/c1-5-20-17(22-13-18(2,3)25-4)21-11-10-14-6-8-15(9-7-14)24-12-16(19)23;/h6-9H,5,10-13H2,1-4H3,(H2,19,23)(H2,20,21,22);1H. The van der Waals surface area contributed by atoms with E-state index in [0.717, 1.165) is 32.0 Å². The molecule has 8 heteroatoms. The molecule has 0 aromatic heterocycles. The first-order valence-electron chi connectivity index (χ1n) is 8.43. The minimum atomic E-state index is -0.479. The maximum absolute atomic E-state index is 10.7. The number of halogens is 1. The predicted octanol–water partition coefficient (Wildman–Crippen LogP) is 2.41. The number of amides is 1. The van der Waals surface area contributed by atoms with Crippen LogP contribution in [0.3, 0.4) is 0 Å². The Morgan fingerprint density at radius 3 is 2.46 bits per heavy atom. The summed E-state index contributed by atoms with van der Waals surface area (Å²) in [5.41, 5.74) is 6.24. The number of benzene rings is 1. The number of nitrogens with two attached hydrogens (primary N) is 1. The number of carbonyl (C=O) groups excluding carboxylic acids is 1. The Hall–Kier alpha value is -1.16. The average molecular weight is 494 g/mol. The third-order valence-electron chi connectivity index (χ3n) is 3.53. The molecule has 0 aliphatic carbocycles. The molecule has 0 radical (unpaired) electrons. The monoisotopic (exact) mass is 494 g/mol. The van der Waals surface area contributed by atoms with Gasteiger partial charge in [0.05, 0.1) is 6.54 Å². The van der Waals surface area contributed by atoms with Gasteiger partial charge in [0.1, 0.15) is 5.75 Å². The zero-order chi connectivity index (χ0) is 18.7. The number of thioether (sulfide) groups is 1. The van der Waals surface area contributed by atoms with E-state index in [1.165, 1.54) is 5.56 Å². The quantitative estimate of drug-likeness (QED) is 0.264. The number of aliphatic imine (C=N–C) groups is 1. The molecule has 6 nitrogen and oxygen atoms in total. The second-order valence-electron chi connectivity index (χ2n) is 6.23. The summed E-state index contributed by atoms with van der Waals surface area (Å²) in [4.78, 5) is 15.4. The fourth-order valence-electron chi connectivity index (χ4n) is 1.91. The van der Waals surface area contributed by atoms with E-state index in [4.69, 9.17) is 10.5 Å². The van der Waals surface area contributed by atoms with Gasteiger partial charge in [0, 0.05) is 17.8 Å². The van der Waals surface area contributed by atoms with Gasteiger partial charge in [-0.05, 0) is 51.1 Å². The lowest BCUT2D eigenvalue weighted by Crippen LogP contribution is -2.39. The molecule has 0 bridgehead atoms. The third-order valence-corrected chi connectivity index (χ3v) is 4.76. The van der Waals surface area contributed by atoms with E-state index in [1.54, 1.807) is 0 Å². The average Bonchev–Trinajstić information content (AvgIpc) is 2.59. The highest BCUT2D eigenvalue weighted by Gasteiger charge is 2.15. The highest BCUT2D eigenvalue weighted by atomic mass is 127. The van der Waals surface area contributed by atoms with Crippen molar-refractivity contribution < 1.29 is 9.53 Å². The Morgan fingerprint density at radius 1 is 1.27 bits per heavy atom. The van der Waals surface area contributed by atoms with Crippen molar-refractivity contribution in [3.63, 3.8) is 0 Å². The van der Waals surface area contributed by atoms with Gasteiger partial charge in [-0.3, -0.25) is 9.79 Å². The van der Waals surface area contributed by atoms with E-state index in [2.05, 4.69) is 42.7 Å². The maximum atomic E-state index is 10.7. The number of ether oxygens (including phenoxy) is 1. The first-order valence-corrected chi connectivity index (χ1v) is 9.66. The van der Waals surface area contributed by atoms with Crippen LogP contribution in [0.1, 0.15) is 26.3 Å². The number of nitrogens with one attached hydrogen (secondary N) is 2. The Labute approximate surface area is 178 Å². The van der Waals surface area contributed by atoms with Crippen molar-refractivity contribution in [2.45, 2.75) is 31.9 Å². The maximum Gasteiger partial charge on any atom is 0.255 e. The topological polar surface area (TPSA) is 88.7 Å². The van der Waals surface area contributed by atoms with Crippen LogP contribution in [-0.4, -0.2) is 49.1 Å². The van der Waals surface area contributed by atoms with Gasteiger partial charge < -0.3 is 21.1 Å². The molecule has 0 spiro atoms.